The largest absolute Gasteiger partial charge is 0.385 e. The van der Waals surface area contributed by atoms with Crippen LogP contribution in [0.4, 0.5) is 0 Å². The van der Waals surface area contributed by atoms with Crippen molar-refractivity contribution >= 4 is 0 Å². The Bertz CT molecular complexity index is 117. The number of aliphatic hydroxyl groups excluding tert-OH is 3. The Balaban J connectivity index is 2.53. The average Bonchev–Trinajstić information content (AvgIpc) is 2.17. The summed E-state index contributed by atoms with van der Waals surface area (Å²) in [5.74, 6) is 0. The van der Waals surface area contributed by atoms with E-state index in [4.69, 9.17) is 15.3 Å². The second kappa shape index (κ2) is 2.81. The van der Waals surface area contributed by atoms with Gasteiger partial charge < -0.3 is 24.8 Å². The topological polar surface area (TPSA) is 79.2 Å². The minimum Gasteiger partial charge on any atom is -0.385 e. The highest BCUT2D eigenvalue weighted by Gasteiger charge is 2.41. The van der Waals surface area contributed by atoms with Gasteiger partial charge in [-0.2, -0.15) is 0 Å². The maximum absolute atomic E-state index is 8.97. The highest BCUT2D eigenvalue weighted by molar-refractivity contribution is 4.79. The SMILES string of the molecule is CO[C@H]1OC(O)[C@H](O)[C@@H]1O. The lowest BCUT2D eigenvalue weighted by molar-refractivity contribution is -0.194. The van der Waals surface area contributed by atoms with Crippen molar-refractivity contribution < 1.29 is 24.8 Å². The Hall–Kier alpha value is -0.200. The highest BCUT2D eigenvalue weighted by Crippen LogP contribution is 2.19. The molecule has 0 amide bonds. The lowest BCUT2D eigenvalue weighted by Gasteiger charge is -2.10. The Labute approximate surface area is 57.8 Å². The zero-order valence-electron chi connectivity index (χ0n) is 5.47. The van der Waals surface area contributed by atoms with Crippen LogP contribution in [0.25, 0.3) is 0 Å². The van der Waals surface area contributed by atoms with E-state index in [1.54, 1.807) is 0 Å². The third kappa shape index (κ3) is 1.14. The molecule has 0 aliphatic carbocycles. The summed E-state index contributed by atoms with van der Waals surface area (Å²) in [4.78, 5) is 0. The molecule has 1 aliphatic heterocycles. The fourth-order valence-corrected chi connectivity index (χ4v) is 0.823. The van der Waals surface area contributed by atoms with Crippen molar-refractivity contribution in [2.75, 3.05) is 7.11 Å². The summed E-state index contributed by atoms with van der Waals surface area (Å²) in [5, 5.41) is 26.6. The molecule has 3 N–H and O–H groups in total. The Morgan fingerprint density at radius 3 is 2.00 bits per heavy atom. The van der Waals surface area contributed by atoms with Crippen LogP contribution in [0.15, 0.2) is 0 Å². The van der Waals surface area contributed by atoms with E-state index in [9.17, 15) is 0 Å². The first-order valence-electron chi connectivity index (χ1n) is 2.89. The van der Waals surface area contributed by atoms with E-state index in [1.807, 2.05) is 0 Å². The summed E-state index contributed by atoms with van der Waals surface area (Å²) in [6, 6.07) is 0. The van der Waals surface area contributed by atoms with Crippen LogP contribution in [0.1, 0.15) is 0 Å². The van der Waals surface area contributed by atoms with Crippen molar-refractivity contribution in [3.63, 3.8) is 0 Å². The first-order chi connectivity index (χ1) is 4.66. The fraction of sp³-hybridized carbons (Fsp3) is 1.00. The van der Waals surface area contributed by atoms with Crippen molar-refractivity contribution in [2.24, 2.45) is 0 Å². The minimum atomic E-state index is -1.35. The molecule has 0 spiro atoms. The van der Waals surface area contributed by atoms with Crippen molar-refractivity contribution in [3.8, 4) is 0 Å². The monoisotopic (exact) mass is 150 g/mol. The van der Waals surface area contributed by atoms with Crippen molar-refractivity contribution in [3.05, 3.63) is 0 Å². The molecule has 60 valence electrons. The van der Waals surface area contributed by atoms with Crippen LogP contribution in [0, 0.1) is 0 Å². The van der Waals surface area contributed by atoms with Crippen LogP contribution in [-0.4, -0.2) is 47.2 Å². The van der Waals surface area contributed by atoms with Gasteiger partial charge in [0.25, 0.3) is 0 Å². The van der Waals surface area contributed by atoms with Gasteiger partial charge in [-0.05, 0) is 0 Å². The van der Waals surface area contributed by atoms with Gasteiger partial charge in [0.2, 0.25) is 0 Å². The molecule has 5 nitrogen and oxygen atoms in total. The standard InChI is InChI=1S/C5H10O5/c1-9-5-3(7)2(6)4(8)10-5/h2-8H,1H3/t2-,3+,4?,5+/m1/s1. The molecule has 1 rings (SSSR count). The van der Waals surface area contributed by atoms with Gasteiger partial charge in [0.05, 0.1) is 0 Å². The summed E-state index contributed by atoms with van der Waals surface area (Å²) in [7, 11) is 1.32. The van der Waals surface area contributed by atoms with Gasteiger partial charge in [0, 0.05) is 7.11 Å². The predicted octanol–water partition coefficient (Wildman–Crippen LogP) is -1.97. The maximum Gasteiger partial charge on any atom is 0.189 e. The predicted molar refractivity (Wildman–Crippen MR) is 29.9 cm³/mol. The highest BCUT2D eigenvalue weighted by atomic mass is 16.7. The molecule has 0 saturated carbocycles. The van der Waals surface area contributed by atoms with Crippen LogP contribution in [0.3, 0.4) is 0 Å². The Kier molecular flexibility index (Phi) is 2.22. The number of aliphatic hydroxyl groups is 3. The van der Waals surface area contributed by atoms with Gasteiger partial charge in [-0.1, -0.05) is 0 Å². The molecule has 0 bridgehead atoms. The molecule has 1 saturated heterocycles. The Morgan fingerprint density at radius 1 is 1.20 bits per heavy atom. The molecule has 0 radical (unpaired) electrons. The average molecular weight is 150 g/mol. The summed E-state index contributed by atoms with van der Waals surface area (Å²) < 4.78 is 9.14. The van der Waals surface area contributed by atoms with Gasteiger partial charge in [-0.3, -0.25) is 0 Å². The van der Waals surface area contributed by atoms with Crippen LogP contribution in [-0.2, 0) is 9.47 Å². The molecule has 1 heterocycles. The molecule has 0 aromatic carbocycles. The number of hydrogen-bond donors (Lipinski definition) is 3. The molecule has 1 aliphatic rings. The zero-order valence-corrected chi connectivity index (χ0v) is 5.47. The van der Waals surface area contributed by atoms with E-state index in [0.29, 0.717) is 0 Å². The van der Waals surface area contributed by atoms with E-state index >= 15 is 0 Å². The molecular formula is C5H10O5. The van der Waals surface area contributed by atoms with Crippen molar-refractivity contribution in [1.29, 1.82) is 0 Å². The second-order valence-electron chi connectivity index (χ2n) is 2.11. The number of hydrogen-bond acceptors (Lipinski definition) is 5. The van der Waals surface area contributed by atoms with Gasteiger partial charge in [-0.25, -0.2) is 0 Å². The Morgan fingerprint density at radius 2 is 1.80 bits per heavy atom. The first-order valence-corrected chi connectivity index (χ1v) is 2.89. The van der Waals surface area contributed by atoms with E-state index in [2.05, 4.69) is 9.47 Å². The first kappa shape index (κ1) is 7.90. The maximum atomic E-state index is 8.97. The summed E-state index contributed by atoms with van der Waals surface area (Å²) in [5.41, 5.74) is 0. The van der Waals surface area contributed by atoms with E-state index < -0.39 is 24.8 Å². The van der Waals surface area contributed by atoms with Gasteiger partial charge in [0.15, 0.2) is 12.6 Å². The second-order valence-corrected chi connectivity index (χ2v) is 2.11. The zero-order chi connectivity index (χ0) is 7.72. The molecule has 1 fully saturated rings. The summed E-state index contributed by atoms with van der Waals surface area (Å²) in [6.45, 7) is 0. The molecular weight excluding hydrogens is 140 g/mol. The van der Waals surface area contributed by atoms with Crippen LogP contribution < -0.4 is 0 Å². The van der Waals surface area contributed by atoms with Crippen molar-refractivity contribution in [2.45, 2.75) is 24.8 Å². The van der Waals surface area contributed by atoms with Crippen LogP contribution >= 0.6 is 0 Å². The lowest BCUT2D eigenvalue weighted by atomic mass is 10.2. The molecule has 0 aromatic heterocycles. The van der Waals surface area contributed by atoms with Crippen LogP contribution in [0.5, 0.6) is 0 Å². The fourth-order valence-electron chi connectivity index (χ4n) is 0.823. The summed E-state index contributed by atoms with van der Waals surface area (Å²) in [6.07, 6.45) is -4.71. The summed E-state index contributed by atoms with van der Waals surface area (Å²) >= 11 is 0. The number of ether oxygens (including phenoxy) is 2. The quantitative estimate of drug-likeness (QED) is 0.404. The number of methoxy groups -OCH3 is 1. The molecule has 5 heteroatoms. The van der Waals surface area contributed by atoms with Gasteiger partial charge in [0.1, 0.15) is 12.2 Å². The molecule has 0 aromatic rings. The normalized spacial score (nSPS) is 48.0. The van der Waals surface area contributed by atoms with Gasteiger partial charge >= 0.3 is 0 Å². The lowest BCUT2D eigenvalue weighted by Crippen LogP contribution is -2.32. The minimum absolute atomic E-state index is 0.926. The van der Waals surface area contributed by atoms with Crippen molar-refractivity contribution in [1.82, 2.24) is 0 Å². The van der Waals surface area contributed by atoms with Gasteiger partial charge in [-0.15, -0.1) is 0 Å². The van der Waals surface area contributed by atoms with E-state index in [1.165, 1.54) is 7.11 Å². The third-order valence-electron chi connectivity index (χ3n) is 1.43. The smallest absolute Gasteiger partial charge is 0.189 e. The third-order valence-corrected chi connectivity index (χ3v) is 1.43. The van der Waals surface area contributed by atoms with E-state index in [-0.39, 0.29) is 0 Å². The molecule has 10 heavy (non-hydrogen) atoms. The number of rotatable bonds is 1. The molecule has 4 atom stereocenters. The van der Waals surface area contributed by atoms with Crippen LogP contribution in [0.2, 0.25) is 0 Å². The molecule has 1 unspecified atom stereocenters. The van der Waals surface area contributed by atoms with E-state index in [0.717, 1.165) is 0 Å².